The van der Waals surface area contributed by atoms with E-state index in [9.17, 15) is 19.5 Å². The maximum Gasteiger partial charge on any atom is 0.229 e. The summed E-state index contributed by atoms with van der Waals surface area (Å²) in [5, 5.41) is 18.9. The van der Waals surface area contributed by atoms with Crippen molar-refractivity contribution in [2.45, 2.75) is 176 Å². The van der Waals surface area contributed by atoms with Crippen LogP contribution in [-0.2, 0) is 24.7 Å². The first-order valence-corrected chi connectivity index (χ1v) is 25.7. The smallest absolute Gasteiger partial charge is 0.229 e. The molecule has 3 fully saturated rings. The number of carbonyl (C=O) groups is 3. The fourth-order valence-corrected chi connectivity index (χ4v) is 8.87. The number of aryl methyl sites for hydroxylation is 1. The van der Waals surface area contributed by atoms with Crippen LogP contribution in [0.3, 0.4) is 0 Å². The van der Waals surface area contributed by atoms with Crippen molar-refractivity contribution >= 4 is 80.7 Å². The summed E-state index contributed by atoms with van der Waals surface area (Å²) < 4.78 is 22.5. The van der Waals surface area contributed by atoms with Crippen LogP contribution in [-0.4, -0.2) is 99.0 Å². The fourth-order valence-electron chi connectivity index (χ4n) is 8.69. The number of ether oxygens (including phenoxy) is 3. The molecule has 0 saturated heterocycles. The molecule has 0 atom stereocenters. The minimum absolute atomic E-state index is 0.00201. The maximum absolute atomic E-state index is 12.4. The maximum atomic E-state index is 12.4. The molecule has 3 amide bonds. The van der Waals surface area contributed by atoms with Crippen LogP contribution in [0.1, 0.15) is 158 Å². The van der Waals surface area contributed by atoms with E-state index in [0.717, 1.165) is 73.0 Å². The lowest BCUT2D eigenvalue weighted by atomic mass is 9.92. The second-order valence-corrected chi connectivity index (χ2v) is 23.7. The Hall–Kier alpha value is -5.92. The lowest BCUT2D eigenvalue weighted by molar-refractivity contribution is -0.120. The molecule has 9 rings (SSSR count). The fraction of sp³-hybridized carbons (Fsp3) is 0.604. The van der Waals surface area contributed by atoms with Gasteiger partial charge >= 0.3 is 0 Å². The Balaban J connectivity index is 0.000000160. The number of pyridine rings is 3. The van der Waals surface area contributed by atoms with E-state index in [4.69, 9.17) is 25.8 Å². The molecule has 20 heteroatoms. The summed E-state index contributed by atoms with van der Waals surface area (Å²) in [6.45, 7) is 22.0. The molecular formula is C53H75ClN12O7. The van der Waals surface area contributed by atoms with Crippen molar-refractivity contribution in [3.8, 4) is 11.6 Å². The van der Waals surface area contributed by atoms with Crippen LogP contribution in [0.15, 0.2) is 30.3 Å². The lowest BCUT2D eigenvalue weighted by Gasteiger charge is -2.28. The van der Waals surface area contributed by atoms with E-state index in [-0.39, 0.29) is 41.0 Å². The number of anilines is 3. The third-order valence-corrected chi connectivity index (χ3v) is 12.7. The quantitative estimate of drug-likeness (QED) is 0.0703. The number of hydrogen-bond donors (Lipinski definition) is 4. The SMILES string of the molecule is CC(C)(C)CC(=O)Nc1nc2ccc(OC3CC3)nc2n1C1CCC1.COCC(C)(C)n1c(NC(=O)CC(C)(C)C)nc2ccc(C)nc21.COc1cc(Cl)nc2c1nc(NC(=O)CC(C)(C)O)n2C1CCC1. The summed E-state index contributed by atoms with van der Waals surface area (Å²) in [6, 6.07) is 9.85. The predicted molar refractivity (Wildman–Crippen MR) is 284 cm³/mol. The highest BCUT2D eigenvalue weighted by Gasteiger charge is 2.32. The highest BCUT2D eigenvalue weighted by molar-refractivity contribution is 6.30. The number of rotatable bonds is 15. The first-order chi connectivity index (χ1) is 34.2. The van der Waals surface area contributed by atoms with Gasteiger partial charge in [0.05, 0.1) is 31.3 Å². The Morgan fingerprint density at radius 3 is 1.70 bits per heavy atom. The highest BCUT2D eigenvalue weighted by Crippen LogP contribution is 2.40. The molecule has 0 spiro atoms. The number of hydrogen-bond acceptors (Lipinski definition) is 13. The molecule has 6 aromatic rings. The van der Waals surface area contributed by atoms with Gasteiger partial charge in [-0.05, 0) is 115 Å². The van der Waals surface area contributed by atoms with Crippen molar-refractivity contribution < 1.29 is 33.7 Å². The molecule has 0 aromatic carbocycles. The Bertz CT molecular complexity index is 2950. The zero-order chi connectivity index (χ0) is 53.2. The molecule has 19 nitrogen and oxygen atoms in total. The number of imidazole rings is 3. The van der Waals surface area contributed by atoms with Crippen molar-refractivity contribution in [3.63, 3.8) is 0 Å². The average Bonchev–Trinajstić information content (AvgIpc) is 3.74. The van der Waals surface area contributed by atoms with Crippen LogP contribution in [0.5, 0.6) is 11.6 Å². The van der Waals surface area contributed by atoms with E-state index in [1.807, 2.05) is 74.9 Å². The molecule has 73 heavy (non-hydrogen) atoms. The van der Waals surface area contributed by atoms with E-state index in [2.05, 4.69) is 71.2 Å². The average molecular weight is 1030 g/mol. The van der Waals surface area contributed by atoms with E-state index in [1.165, 1.54) is 6.42 Å². The van der Waals surface area contributed by atoms with Gasteiger partial charge in [-0.25, -0.2) is 24.9 Å². The van der Waals surface area contributed by atoms with Crippen LogP contribution < -0.4 is 25.4 Å². The molecule has 4 N–H and O–H groups in total. The number of fused-ring (bicyclic) bond motifs is 3. The third kappa shape index (κ3) is 14.2. The standard InChI is InChI=1S/C19H26N4O2.C18H28N4O2.C16H21ClN4O3/c1-19(2,3)11-15(24)21-18-20-14-9-10-16(25-13-7-8-13)22-17(14)23(18)12-5-4-6-12;1-12-8-9-13-15(19-12)22(18(5,6)11-24-7)16(20-13)21-14(23)10-17(2,3)4;1-16(2,23)8-12(22)19-15-20-13-10(24-3)7-11(17)18-14(13)21(15)9-5-4-6-9/h9-10,12-13H,4-8,11H2,1-3H3,(H,20,21,24);8-9H,10-11H2,1-7H3,(H,20,21,23);7,9,23H,4-6,8H2,1-3H3,(H,19,20,22). The zero-order valence-electron chi connectivity index (χ0n) is 44.9. The summed E-state index contributed by atoms with van der Waals surface area (Å²) in [7, 11) is 3.21. The second kappa shape index (κ2) is 21.9. The van der Waals surface area contributed by atoms with Gasteiger partial charge in [0.25, 0.3) is 0 Å². The van der Waals surface area contributed by atoms with Gasteiger partial charge in [-0.1, -0.05) is 53.1 Å². The minimum atomic E-state index is -1.09. The number of amides is 3. The predicted octanol–water partition coefficient (Wildman–Crippen LogP) is 10.5. The Kier molecular flexibility index (Phi) is 16.4. The number of aromatic nitrogens is 9. The summed E-state index contributed by atoms with van der Waals surface area (Å²) in [4.78, 5) is 64.4. The second-order valence-electron chi connectivity index (χ2n) is 23.3. The number of halogens is 1. The normalized spacial score (nSPS) is 15.4. The molecule has 3 saturated carbocycles. The number of nitrogens with zero attached hydrogens (tertiary/aromatic N) is 9. The van der Waals surface area contributed by atoms with Crippen molar-refractivity contribution in [2.75, 3.05) is 36.8 Å². The first-order valence-electron chi connectivity index (χ1n) is 25.4. The Labute approximate surface area is 433 Å². The summed E-state index contributed by atoms with van der Waals surface area (Å²) >= 11 is 6.09. The summed E-state index contributed by atoms with van der Waals surface area (Å²) in [6.07, 6.45) is 9.92. The van der Waals surface area contributed by atoms with Gasteiger partial charge in [0.15, 0.2) is 28.2 Å². The molecule has 3 aliphatic carbocycles. The molecule has 6 heterocycles. The third-order valence-electron chi connectivity index (χ3n) is 12.5. The lowest BCUT2D eigenvalue weighted by Crippen LogP contribution is -2.34. The monoisotopic (exact) mass is 1030 g/mol. The molecule has 6 aromatic heterocycles. The number of nitrogens with one attached hydrogen (secondary N) is 3. The van der Waals surface area contributed by atoms with Gasteiger partial charge in [0, 0.05) is 49.9 Å². The molecule has 0 aliphatic heterocycles. The Morgan fingerprint density at radius 1 is 0.658 bits per heavy atom. The number of aliphatic hydroxyl groups is 1. The van der Waals surface area contributed by atoms with Gasteiger partial charge < -0.3 is 19.3 Å². The van der Waals surface area contributed by atoms with Gasteiger partial charge in [-0.3, -0.25) is 44.0 Å². The van der Waals surface area contributed by atoms with E-state index < -0.39 is 11.1 Å². The first kappa shape index (κ1) is 54.8. The van der Waals surface area contributed by atoms with Crippen LogP contribution in [0, 0.1) is 17.8 Å². The molecule has 0 bridgehead atoms. The number of methoxy groups -OCH3 is 2. The van der Waals surface area contributed by atoms with Crippen molar-refractivity contribution in [3.05, 3.63) is 41.2 Å². The number of carbonyl (C=O) groups excluding carboxylic acids is 3. The summed E-state index contributed by atoms with van der Waals surface area (Å²) in [5.41, 5.74) is 3.58. The molecule has 396 valence electrons. The molecule has 0 unspecified atom stereocenters. The zero-order valence-corrected chi connectivity index (χ0v) is 45.7. The highest BCUT2D eigenvalue weighted by atomic mass is 35.5. The van der Waals surface area contributed by atoms with Crippen molar-refractivity contribution in [2.24, 2.45) is 10.8 Å². The summed E-state index contributed by atoms with van der Waals surface area (Å²) in [5.74, 6) is 2.36. The van der Waals surface area contributed by atoms with Gasteiger partial charge in [0.2, 0.25) is 41.4 Å². The van der Waals surface area contributed by atoms with E-state index in [1.54, 1.807) is 34.1 Å². The largest absolute Gasteiger partial charge is 0.494 e. The van der Waals surface area contributed by atoms with Crippen molar-refractivity contribution in [1.29, 1.82) is 0 Å². The van der Waals surface area contributed by atoms with Crippen LogP contribution >= 0.6 is 11.6 Å². The van der Waals surface area contributed by atoms with E-state index >= 15 is 0 Å². The molecule has 3 aliphatic rings. The molecular weight excluding hydrogens is 952 g/mol. The van der Waals surface area contributed by atoms with E-state index in [0.29, 0.717) is 77.4 Å². The van der Waals surface area contributed by atoms with Crippen LogP contribution in [0.2, 0.25) is 5.15 Å². The topological polar surface area (TPSA) is 227 Å². The molecule has 0 radical (unpaired) electrons. The van der Waals surface area contributed by atoms with Gasteiger partial charge in [-0.2, -0.15) is 4.98 Å². The minimum Gasteiger partial charge on any atom is -0.494 e. The Morgan fingerprint density at radius 2 is 1.18 bits per heavy atom. The van der Waals surface area contributed by atoms with Crippen molar-refractivity contribution in [1.82, 2.24) is 43.6 Å². The van der Waals surface area contributed by atoms with Gasteiger partial charge in [-0.15, -0.1) is 0 Å². The van der Waals surface area contributed by atoms with Crippen LogP contribution in [0.25, 0.3) is 33.5 Å². The van der Waals surface area contributed by atoms with Gasteiger partial charge in [0.1, 0.15) is 22.3 Å². The van der Waals surface area contributed by atoms with Crippen LogP contribution in [0.4, 0.5) is 17.8 Å².